The third kappa shape index (κ3) is 8.87. The molecule has 0 bridgehead atoms. The van der Waals surface area contributed by atoms with Crippen molar-refractivity contribution < 1.29 is 23.8 Å². The summed E-state index contributed by atoms with van der Waals surface area (Å²) in [5.74, 6) is 6.74. The van der Waals surface area contributed by atoms with Crippen LogP contribution in [-0.4, -0.2) is 93.6 Å². The van der Waals surface area contributed by atoms with Crippen molar-refractivity contribution in [3.8, 4) is 11.8 Å². The molecule has 1 aliphatic carbocycles. The quantitative estimate of drug-likeness (QED) is 0.366. The fourth-order valence-corrected chi connectivity index (χ4v) is 5.34. The Morgan fingerprint density at radius 1 is 1.13 bits per heavy atom. The summed E-state index contributed by atoms with van der Waals surface area (Å²) in [6, 6.07) is 4.16. The average Bonchev–Trinajstić information content (AvgIpc) is 2.91. The van der Waals surface area contributed by atoms with Crippen molar-refractivity contribution in [3.63, 3.8) is 0 Å². The Hall–Kier alpha value is -2.76. The fraction of sp³-hybridized carbons (Fsp3) is 0.677. The zero-order valence-corrected chi connectivity index (χ0v) is 25.0. The maximum Gasteiger partial charge on any atom is 0.410 e. The third-order valence-electron chi connectivity index (χ3n) is 7.67. The molecule has 1 amide bonds. The Morgan fingerprint density at radius 2 is 1.79 bits per heavy atom. The number of amides is 1. The predicted octanol–water partition coefficient (Wildman–Crippen LogP) is 4.72. The van der Waals surface area contributed by atoms with Gasteiger partial charge in [0.05, 0.1) is 32.4 Å². The van der Waals surface area contributed by atoms with E-state index in [4.69, 9.17) is 14.2 Å². The number of carbonyl (C=O) groups is 2. The number of hydrogen-bond acceptors (Lipinski definition) is 7. The Kier molecular flexibility index (Phi) is 11.1. The van der Waals surface area contributed by atoms with Crippen LogP contribution in [0.15, 0.2) is 12.1 Å². The van der Waals surface area contributed by atoms with E-state index in [0.29, 0.717) is 18.0 Å². The lowest BCUT2D eigenvalue weighted by Crippen LogP contribution is -2.43. The summed E-state index contributed by atoms with van der Waals surface area (Å²) in [7, 11) is 3.27. The highest BCUT2D eigenvalue weighted by Crippen LogP contribution is 2.32. The van der Waals surface area contributed by atoms with Gasteiger partial charge in [-0.3, -0.25) is 4.90 Å². The van der Waals surface area contributed by atoms with Gasteiger partial charge in [-0.1, -0.05) is 11.8 Å². The Balaban J connectivity index is 1.71. The fourth-order valence-electron chi connectivity index (χ4n) is 5.34. The minimum atomic E-state index is -0.494. The third-order valence-corrected chi connectivity index (χ3v) is 7.67. The van der Waals surface area contributed by atoms with Gasteiger partial charge in [0.15, 0.2) is 0 Å². The zero-order chi connectivity index (χ0) is 28.6. The van der Waals surface area contributed by atoms with Gasteiger partial charge >= 0.3 is 12.1 Å². The first-order chi connectivity index (χ1) is 18.5. The van der Waals surface area contributed by atoms with E-state index in [2.05, 4.69) is 34.6 Å². The van der Waals surface area contributed by atoms with E-state index in [1.165, 1.54) is 7.11 Å². The first kappa shape index (κ1) is 30.8. The number of methoxy groups -OCH3 is 1. The van der Waals surface area contributed by atoms with E-state index < -0.39 is 5.60 Å². The standard InChI is InChI=1S/C31H47N3O5/c1-8-34(22-24-11-13-26(14-12-24)32(6)30(36)39-31(3,4)5)28-21-25(20-27(23(28)2)29(35)37-7)10-9-15-33-16-18-38-19-17-33/h20-21,24,26H,8,11-19,22H2,1-7H3. The molecule has 0 radical (unpaired) electrons. The van der Waals surface area contributed by atoms with Crippen LogP contribution in [0.1, 0.15) is 74.9 Å². The summed E-state index contributed by atoms with van der Waals surface area (Å²) in [6.45, 7) is 15.5. The molecule has 2 aliphatic rings. The van der Waals surface area contributed by atoms with E-state index in [-0.39, 0.29) is 18.1 Å². The Labute approximate surface area is 234 Å². The Bertz CT molecular complexity index is 1040. The van der Waals surface area contributed by atoms with E-state index in [0.717, 1.165) is 81.9 Å². The summed E-state index contributed by atoms with van der Waals surface area (Å²) in [6.07, 6.45) is 3.74. The van der Waals surface area contributed by atoms with Crippen molar-refractivity contribution in [3.05, 3.63) is 28.8 Å². The number of benzene rings is 1. The highest BCUT2D eigenvalue weighted by atomic mass is 16.6. The summed E-state index contributed by atoms with van der Waals surface area (Å²) >= 11 is 0. The van der Waals surface area contributed by atoms with E-state index >= 15 is 0 Å². The molecule has 39 heavy (non-hydrogen) atoms. The van der Waals surface area contributed by atoms with Crippen LogP contribution in [0.3, 0.4) is 0 Å². The molecule has 0 N–H and O–H groups in total. The molecule has 216 valence electrons. The molecular weight excluding hydrogens is 494 g/mol. The number of anilines is 1. The van der Waals surface area contributed by atoms with Gasteiger partial charge in [0.25, 0.3) is 0 Å². The lowest BCUT2D eigenvalue weighted by molar-refractivity contribution is 0.0173. The molecule has 1 aromatic carbocycles. The number of morpholine rings is 1. The largest absolute Gasteiger partial charge is 0.465 e. The molecular formula is C31H47N3O5. The van der Waals surface area contributed by atoms with Crippen LogP contribution in [0.2, 0.25) is 0 Å². The minimum Gasteiger partial charge on any atom is -0.465 e. The molecule has 3 rings (SSSR count). The average molecular weight is 542 g/mol. The maximum atomic E-state index is 12.6. The minimum absolute atomic E-state index is 0.198. The summed E-state index contributed by atoms with van der Waals surface area (Å²) in [4.78, 5) is 31.6. The highest BCUT2D eigenvalue weighted by molar-refractivity contribution is 5.93. The van der Waals surface area contributed by atoms with Crippen LogP contribution in [0.4, 0.5) is 10.5 Å². The van der Waals surface area contributed by atoms with Gasteiger partial charge in [-0.2, -0.15) is 0 Å². The van der Waals surface area contributed by atoms with Crippen molar-refractivity contribution >= 4 is 17.7 Å². The second-order valence-corrected chi connectivity index (χ2v) is 11.7. The van der Waals surface area contributed by atoms with Gasteiger partial charge in [-0.25, -0.2) is 9.59 Å². The van der Waals surface area contributed by atoms with E-state index in [1.807, 2.05) is 40.8 Å². The van der Waals surface area contributed by atoms with E-state index in [9.17, 15) is 9.59 Å². The molecule has 0 unspecified atom stereocenters. The molecule has 1 aliphatic heterocycles. The molecule has 1 heterocycles. The summed E-state index contributed by atoms with van der Waals surface area (Å²) in [5.41, 5.74) is 2.84. The first-order valence-corrected chi connectivity index (χ1v) is 14.2. The molecule has 1 saturated heterocycles. The molecule has 8 nitrogen and oxygen atoms in total. The van der Waals surface area contributed by atoms with Crippen LogP contribution in [-0.2, 0) is 14.2 Å². The molecule has 8 heteroatoms. The topological polar surface area (TPSA) is 71.5 Å². The summed E-state index contributed by atoms with van der Waals surface area (Å²) in [5, 5.41) is 0. The van der Waals surface area contributed by atoms with Crippen molar-refractivity contribution in [2.24, 2.45) is 5.92 Å². The first-order valence-electron chi connectivity index (χ1n) is 14.2. The Morgan fingerprint density at radius 3 is 2.38 bits per heavy atom. The number of ether oxygens (including phenoxy) is 3. The second kappa shape index (κ2) is 14.0. The smallest absolute Gasteiger partial charge is 0.410 e. The van der Waals surface area contributed by atoms with Gasteiger partial charge in [0, 0.05) is 50.5 Å². The zero-order valence-electron chi connectivity index (χ0n) is 25.0. The molecule has 0 aromatic heterocycles. The molecule has 1 saturated carbocycles. The molecule has 1 aromatic rings. The highest BCUT2D eigenvalue weighted by Gasteiger charge is 2.30. The number of rotatable bonds is 7. The summed E-state index contributed by atoms with van der Waals surface area (Å²) < 4.78 is 16.1. The normalized spacial score (nSPS) is 20.0. The van der Waals surface area contributed by atoms with Crippen molar-refractivity contribution in [2.45, 2.75) is 71.9 Å². The van der Waals surface area contributed by atoms with Crippen LogP contribution >= 0.6 is 0 Å². The van der Waals surface area contributed by atoms with E-state index in [1.54, 1.807) is 4.90 Å². The second-order valence-electron chi connectivity index (χ2n) is 11.7. The number of nitrogens with zero attached hydrogens (tertiary/aromatic N) is 3. The van der Waals surface area contributed by atoms with Crippen LogP contribution in [0, 0.1) is 24.7 Å². The number of esters is 1. The monoisotopic (exact) mass is 541 g/mol. The van der Waals surface area contributed by atoms with Gasteiger partial charge in [0.1, 0.15) is 5.60 Å². The predicted molar refractivity (Wildman–Crippen MR) is 154 cm³/mol. The molecule has 0 atom stereocenters. The number of carbonyl (C=O) groups excluding carboxylic acids is 2. The van der Waals surface area contributed by atoms with Gasteiger partial charge in [0.2, 0.25) is 0 Å². The van der Waals surface area contributed by atoms with Gasteiger partial charge in [-0.15, -0.1) is 0 Å². The SMILES string of the molecule is CCN(CC1CCC(N(C)C(=O)OC(C)(C)C)CC1)c1cc(C#CCN2CCOCC2)cc(C(=O)OC)c1C. The lowest BCUT2D eigenvalue weighted by Gasteiger charge is -2.37. The van der Waals surface area contributed by atoms with Crippen molar-refractivity contribution in [1.82, 2.24) is 9.80 Å². The lowest BCUT2D eigenvalue weighted by atomic mass is 9.85. The van der Waals surface area contributed by atoms with Crippen molar-refractivity contribution in [1.29, 1.82) is 0 Å². The van der Waals surface area contributed by atoms with Crippen LogP contribution < -0.4 is 4.90 Å². The van der Waals surface area contributed by atoms with Gasteiger partial charge in [-0.05, 0) is 83.9 Å². The van der Waals surface area contributed by atoms with Crippen LogP contribution in [0.25, 0.3) is 0 Å². The maximum absolute atomic E-state index is 12.6. The molecule has 2 fully saturated rings. The van der Waals surface area contributed by atoms with Gasteiger partial charge < -0.3 is 24.0 Å². The number of hydrogen-bond donors (Lipinski definition) is 0. The van der Waals surface area contributed by atoms with Crippen LogP contribution in [0.5, 0.6) is 0 Å². The van der Waals surface area contributed by atoms with Crippen molar-refractivity contribution in [2.75, 3.05) is 65.0 Å². The molecule has 0 spiro atoms.